The van der Waals surface area contributed by atoms with Gasteiger partial charge in [-0.15, -0.1) is 0 Å². The van der Waals surface area contributed by atoms with E-state index >= 15 is 0 Å². The van der Waals surface area contributed by atoms with Crippen molar-refractivity contribution in [2.45, 2.75) is 26.5 Å². The van der Waals surface area contributed by atoms with Gasteiger partial charge in [-0.05, 0) is 24.5 Å². The van der Waals surface area contributed by atoms with E-state index in [9.17, 15) is 4.79 Å². The van der Waals surface area contributed by atoms with E-state index in [1.54, 1.807) is 7.05 Å². The van der Waals surface area contributed by atoms with Crippen LogP contribution in [0.2, 0.25) is 0 Å². The van der Waals surface area contributed by atoms with Crippen LogP contribution in [0.25, 0.3) is 0 Å². The smallest absolute Gasteiger partial charge is 0.242 e. The van der Waals surface area contributed by atoms with Crippen LogP contribution < -0.4 is 5.32 Å². The van der Waals surface area contributed by atoms with Crippen LogP contribution in [-0.4, -0.2) is 61.5 Å². The Hall–Kier alpha value is -2.86. The maximum atomic E-state index is 12.7. The molecule has 0 aliphatic carbocycles. The normalized spacial score (nSPS) is 16.4. The summed E-state index contributed by atoms with van der Waals surface area (Å²) in [7, 11) is 1.77. The Kier molecular flexibility index (Phi) is 8.91. The Balaban J connectivity index is 1.41. The number of nitrogens with zero attached hydrogens (tertiary/aromatic N) is 3. The number of carbonyl (C=O) groups excluding carboxylic acids is 1. The van der Waals surface area contributed by atoms with E-state index in [4.69, 9.17) is 4.74 Å². The molecule has 1 atom stereocenters. The maximum Gasteiger partial charge on any atom is 0.242 e. The Morgan fingerprint density at radius 1 is 1.13 bits per heavy atom. The Labute approximate surface area is 185 Å². The topological polar surface area (TPSA) is 57.2 Å². The molecule has 0 aromatic heterocycles. The number of aliphatic imine (C=N–C) groups is 1. The van der Waals surface area contributed by atoms with E-state index in [1.807, 2.05) is 60.4 Å². The summed E-state index contributed by atoms with van der Waals surface area (Å²) in [4.78, 5) is 21.2. The van der Waals surface area contributed by atoms with Crippen LogP contribution in [0.5, 0.6) is 0 Å². The predicted molar refractivity (Wildman–Crippen MR) is 125 cm³/mol. The second kappa shape index (κ2) is 12.1. The fourth-order valence-electron chi connectivity index (χ4n) is 3.86. The van der Waals surface area contributed by atoms with Gasteiger partial charge < -0.3 is 19.9 Å². The highest BCUT2D eigenvalue weighted by Crippen LogP contribution is 2.17. The summed E-state index contributed by atoms with van der Waals surface area (Å²) < 4.78 is 5.92. The molecule has 0 radical (unpaired) electrons. The zero-order valence-electron chi connectivity index (χ0n) is 18.7. The van der Waals surface area contributed by atoms with Gasteiger partial charge in [-0.2, -0.15) is 0 Å². The Morgan fingerprint density at radius 3 is 2.45 bits per heavy atom. The molecule has 1 aliphatic rings. The van der Waals surface area contributed by atoms with Crippen LogP contribution in [0.1, 0.15) is 24.5 Å². The Morgan fingerprint density at radius 2 is 1.81 bits per heavy atom. The van der Waals surface area contributed by atoms with Crippen LogP contribution in [0.15, 0.2) is 65.7 Å². The van der Waals surface area contributed by atoms with Gasteiger partial charge in [-0.25, -0.2) is 0 Å². The molecule has 1 saturated heterocycles. The number of ether oxygens (including phenoxy) is 1. The quantitative estimate of drug-likeness (QED) is 0.498. The molecule has 6 nitrogen and oxygen atoms in total. The van der Waals surface area contributed by atoms with Crippen molar-refractivity contribution < 1.29 is 9.53 Å². The zero-order valence-corrected chi connectivity index (χ0v) is 18.7. The lowest BCUT2D eigenvalue weighted by Gasteiger charge is -2.24. The highest BCUT2D eigenvalue weighted by molar-refractivity contribution is 5.86. The number of hydrogen-bond acceptors (Lipinski definition) is 3. The first-order valence-electron chi connectivity index (χ1n) is 11.1. The van der Waals surface area contributed by atoms with Crippen molar-refractivity contribution in [3.05, 3.63) is 71.8 Å². The van der Waals surface area contributed by atoms with Gasteiger partial charge in [0.15, 0.2) is 5.96 Å². The molecule has 2 aromatic rings. The van der Waals surface area contributed by atoms with Crippen molar-refractivity contribution in [2.24, 2.45) is 10.9 Å². The molecule has 1 aliphatic heterocycles. The summed E-state index contributed by atoms with van der Waals surface area (Å²) in [6.45, 7) is 6.77. The van der Waals surface area contributed by atoms with E-state index in [2.05, 4.69) is 27.3 Å². The lowest BCUT2D eigenvalue weighted by Crippen LogP contribution is -2.45. The number of guanidine groups is 1. The average molecular weight is 423 g/mol. The monoisotopic (exact) mass is 422 g/mol. The van der Waals surface area contributed by atoms with Crippen LogP contribution in [0, 0.1) is 5.92 Å². The SMILES string of the molecule is CCN(Cc1ccccc1)C(=O)CNC(=NC)N1CCC(COCc2ccccc2)C1. The highest BCUT2D eigenvalue weighted by atomic mass is 16.5. The minimum Gasteiger partial charge on any atom is -0.376 e. The van der Waals surface area contributed by atoms with Gasteiger partial charge in [0.05, 0.1) is 19.8 Å². The van der Waals surface area contributed by atoms with E-state index in [-0.39, 0.29) is 12.5 Å². The molecule has 1 fully saturated rings. The number of likely N-dealkylation sites (tertiary alicyclic amines) is 1. The third-order valence-electron chi connectivity index (χ3n) is 5.61. The number of amides is 1. The van der Waals surface area contributed by atoms with Crippen LogP contribution in [0.4, 0.5) is 0 Å². The third-order valence-corrected chi connectivity index (χ3v) is 5.61. The summed E-state index contributed by atoms with van der Waals surface area (Å²) in [6, 6.07) is 20.3. The van der Waals surface area contributed by atoms with Gasteiger partial charge in [-0.1, -0.05) is 60.7 Å². The first-order chi connectivity index (χ1) is 15.2. The van der Waals surface area contributed by atoms with Crippen molar-refractivity contribution in [3.8, 4) is 0 Å². The molecule has 0 spiro atoms. The van der Waals surface area contributed by atoms with Gasteiger partial charge >= 0.3 is 0 Å². The third kappa shape index (κ3) is 7.10. The molecule has 2 aromatic carbocycles. The number of likely N-dealkylation sites (N-methyl/N-ethyl adjacent to an activating group) is 1. The largest absolute Gasteiger partial charge is 0.376 e. The number of nitrogens with one attached hydrogen (secondary N) is 1. The minimum atomic E-state index is 0.0782. The molecule has 166 valence electrons. The van der Waals surface area contributed by atoms with E-state index in [0.717, 1.165) is 37.6 Å². The van der Waals surface area contributed by atoms with Gasteiger partial charge in [0, 0.05) is 39.1 Å². The molecule has 1 heterocycles. The van der Waals surface area contributed by atoms with Gasteiger partial charge in [0.2, 0.25) is 5.91 Å². The second-order valence-electron chi connectivity index (χ2n) is 7.90. The van der Waals surface area contributed by atoms with Crippen molar-refractivity contribution in [1.29, 1.82) is 0 Å². The summed E-state index contributed by atoms with van der Waals surface area (Å²) in [5, 5.41) is 3.26. The van der Waals surface area contributed by atoms with Gasteiger partial charge in [0.1, 0.15) is 0 Å². The van der Waals surface area contributed by atoms with Crippen molar-refractivity contribution in [1.82, 2.24) is 15.1 Å². The van der Waals surface area contributed by atoms with Crippen molar-refractivity contribution in [3.63, 3.8) is 0 Å². The molecular formula is C25H34N4O2. The average Bonchev–Trinajstić information content (AvgIpc) is 3.28. The number of benzene rings is 2. The van der Waals surface area contributed by atoms with Crippen LogP contribution in [0.3, 0.4) is 0 Å². The van der Waals surface area contributed by atoms with Crippen molar-refractivity contribution >= 4 is 11.9 Å². The zero-order chi connectivity index (χ0) is 21.9. The molecule has 1 unspecified atom stereocenters. The fourth-order valence-corrected chi connectivity index (χ4v) is 3.86. The first kappa shape index (κ1) is 22.8. The molecule has 6 heteroatoms. The lowest BCUT2D eigenvalue weighted by molar-refractivity contribution is -0.130. The molecule has 31 heavy (non-hydrogen) atoms. The standard InChI is InChI=1S/C25H34N4O2/c1-3-28(17-21-10-6-4-7-11-21)24(30)16-27-25(26-2)29-15-14-23(18-29)20-31-19-22-12-8-5-9-13-22/h4-13,23H,3,14-20H2,1-2H3,(H,26,27). The van der Waals surface area contributed by atoms with Crippen LogP contribution in [-0.2, 0) is 22.7 Å². The fraction of sp³-hybridized carbons (Fsp3) is 0.440. The minimum absolute atomic E-state index is 0.0782. The van der Waals surface area contributed by atoms with E-state index in [0.29, 0.717) is 25.6 Å². The second-order valence-corrected chi connectivity index (χ2v) is 7.90. The molecule has 0 bridgehead atoms. The lowest BCUT2D eigenvalue weighted by atomic mass is 10.1. The summed E-state index contributed by atoms with van der Waals surface area (Å²) in [6.07, 6.45) is 1.07. The summed E-state index contributed by atoms with van der Waals surface area (Å²) in [5.74, 6) is 1.34. The van der Waals surface area contributed by atoms with E-state index < -0.39 is 0 Å². The number of carbonyl (C=O) groups is 1. The molecule has 3 rings (SSSR count). The Bertz CT molecular complexity index is 826. The molecule has 0 saturated carbocycles. The molecular weight excluding hydrogens is 388 g/mol. The summed E-state index contributed by atoms with van der Waals surface area (Å²) >= 11 is 0. The van der Waals surface area contributed by atoms with E-state index in [1.165, 1.54) is 5.56 Å². The first-order valence-corrected chi connectivity index (χ1v) is 11.1. The predicted octanol–water partition coefficient (Wildman–Crippen LogP) is 3.15. The maximum absolute atomic E-state index is 12.7. The van der Waals surface area contributed by atoms with Gasteiger partial charge in [-0.3, -0.25) is 9.79 Å². The molecule has 1 N–H and O–H groups in total. The van der Waals surface area contributed by atoms with Crippen molar-refractivity contribution in [2.75, 3.05) is 39.8 Å². The number of rotatable bonds is 9. The summed E-state index contributed by atoms with van der Waals surface area (Å²) in [5.41, 5.74) is 2.34. The molecule has 1 amide bonds. The van der Waals surface area contributed by atoms with Crippen LogP contribution >= 0.6 is 0 Å². The highest BCUT2D eigenvalue weighted by Gasteiger charge is 2.25. The van der Waals surface area contributed by atoms with Gasteiger partial charge in [0.25, 0.3) is 0 Å². The number of hydrogen-bond donors (Lipinski definition) is 1.